The van der Waals surface area contributed by atoms with E-state index in [1.807, 2.05) is 0 Å². The first kappa shape index (κ1) is 19.1. The van der Waals surface area contributed by atoms with Crippen LogP contribution < -0.4 is 22.1 Å². The molecule has 0 radical (unpaired) electrons. The Balaban J connectivity index is 2.60. The molecule has 0 aliphatic rings. The average molecular weight is 355 g/mol. The summed E-state index contributed by atoms with van der Waals surface area (Å²) in [5.41, 5.74) is 9.21. The molecule has 0 spiro atoms. The molecule has 0 aliphatic heterocycles. The third-order valence-electron chi connectivity index (χ3n) is 2.67. The Morgan fingerprint density at radius 3 is 2.52 bits per heavy atom. The molecule has 0 saturated carbocycles. The number of aliphatic hydroxyl groups excluding tert-OH is 1. The van der Waals surface area contributed by atoms with Crippen molar-refractivity contribution < 1.29 is 27.9 Å². The number of carbonyl (C=O) groups is 2. The number of aromatic nitrogens is 1. The predicted octanol–water partition coefficient (Wildman–Crippen LogP) is 0.368. The van der Waals surface area contributed by atoms with Crippen LogP contribution in [0, 0.1) is 0 Å². The van der Waals surface area contributed by atoms with Gasteiger partial charge in [0.25, 0.3) is 0 Å². The molecule has 7 N–H and O–H groups in total. The molecule has 0 bridgehead atoms. The lowest BCUT2D eigenvalue weighted by Gasteiger charge is -2.10. The summed E-state index contributed by atoms with van der Waals surface area (Å²) in [6.07, 6.45) is -4.17. The van der Waals surface area contributed by atoms with Gasteiger partial charge in [0.1, 0.15) is 0 Å². The van der Waals surface area contributed by atoms with Gasteiger partial charge in [-0.2, -0.15) is 13.2 Å². The summed E-state index contributed by atoms with van der Waals surface area (Å²) in [6.45, 7) is -0.617. The summed E-state index contributed by atoms with van der Waals surface area (Å²) in [4.78, 5) is 25.1. The third kappa shape index (κ3) is 6.00. The number of nitrogens with two attached hydrogens (primary N) is 2. The standard InChI is InChI=1S/C11H16F3N5O3S/c12-11(13,14)7-6(4-20)23-10(18-7)19-8(21)5(15)2-1-3-17-9(16)22/h5,20H,1-4,15H2,(H3,16,17,22)(H,18,19,21)/t5-/m1/s1. The van der Waals surface area contributed by atoms with E-state index in [2.05, 4.69) is 15.6 Å². The van der Waals surface area contributed by atoms with Crippen molar-refractivity contribution >= 4 is 28.4 Å². The summed E-state index contributed by atoms with van der Waals surface area (Å²) in [6, 6.07) is -1.69. The van der Waals surface area contributed by atoms with Crippen molar-refractivity contribution in [3.05, 3.63) is 10.6 Å². The van der Waals surface area contributed by atoms with E-state index in [4.69, 9.17) is 16.6 Å². The minimum absolute atomic E-state index is 0.191. The number of amides is 3. The minimum atomic E-state index is -4.72. The zero-order chi connectivity index (χ0) is 17.6. The Labute approximate surface area is 133 Å². The van der Waals surface area contributed by atoms with E-state index in [1.54, 1.807) is 0 Å². The molecule has 1 heterocycles. The van der Waals surface area contributed by atoms with E-state index in [9.17, 15) is 22.8 Å². The van der Waals surface area contributed by atoms with Crippen molar-refractivity contribution in [3.63, 3.8) is 0 Å². The molecular weight excluding hydrogens is 339 g/mol. The number of carbonyl (C=O) groups excluding carboxylic acids is 2. The van der Waals surface area contributed by atoms with E-state index in [-0.39, 0.29) is 18.1 Å². The van der Waals surface area contributed by atoms with Gasteiger partial charge in [-0.25, -0.2) is 9.78 Å². The molecule has 3 amide bonds. The van der Waals surface area contributed by atoms with Crippen LogP contribution >= 0.6 is 11.3 Å². The van der Waals surface area contributed by atoms with E-state index < -0.39 is 41.3 Å². The number of aliphatic hydroxyl groups is 1. The topological polar surface area (TPSA) is 143 Å². The summed E-state index contributed by atoms with van der Waals surface area (Å²) < 4.78 is 38.0. The molecule has 1 atom stereocenters. The highest BCUT2D eigenvalue weighted by Crippen LogP contribution is 2.36. The third-order valence-corrected chi connectivity index (χ3v) is 3.62. The van der Waals surface area contributed by atoms with Crippen LogP contribution in [0.2, 0.25) is 0 Å². The Kier molecular flexibility index (Phi) is 6.72. The van der Waals surface area contributed by atoms with Crippen molar-refractivity contribution in [1.29, 1.82) is 0 Å². The van der Waals surface area contributed by atoms with Crippen molar-refractivity contribution in [1.82, 2.24) is 10.3 Å². The molecule has 0 aromatic carbocycles. The average Bonchev–Trinajstić information content (AvgIpc) is 2.86. The minimum Gasteiger partial charge on any atom is -0.391 e. The highest BCUT2D eigenvalue weighted by atomic mass is 32.1. The summed E-state index contributed by atoms with van der Waals surface area (Å²) in [5.74, 6) is -0.712. The smallest absolute Gasteiger partial charge is 0.391 e. The molecular formula is C11H16F3N5O3S. The fourth-order valence-electron chi connectivity index (χ4n) is 1.60. The van der Waals surface area contributed by atoms with E-state index in [0.717, 1.165) is 0 Å². The highest BCUT2D eigenvalue weighted by molar-refractivity contribution is 7.15. The number of nitrogens with one attached hydrogen (secondary N) is 2. The number of alkyl halides is 3. The van der Waals surface area contributed by atoms with E-state index in [0.29, 0.717) is 17.8 Å². The van der Waals surface area contributed by atoms with Crippen LogP contribution in [0.3, 0.4) is 0 Å². The molecule has 0 unspecified atom stereocenters. The Morgan fingerprint density at radius 1 is 1.39 bits per heavy atom. The largest absolute Gasteiger partial charge is 0.434 e. The maximum absolute atomic E-state index is 12.7. The van der Waals surface area contributed by atoms with E-state index in [1.165, 1.54) is 0 Å². The monoisotopic (exact) mass is 355 g/mol. The number of nitrogens with zero attached hydrogens (tertiary/aromatic N) is 1. The molecule has 1 aromatic rings. The Hall–Kier alpha value is -1.92. The van der Waals surface area contributed by atoms with Crippen LogP contribution in [0.1, 0.15) is 23.4 Å². The number of rotatable bonds is 7. The second-order valence-corrected chi connectivity index (χ2v) is 5.56. The maximum atomic E-state index is 12.7. The normalized spacial score (nSPS) is 12.7. The molecule has 0 saturated heterocycles. The molecule has 130 valence electrons. The molecule has 0 fully saturated rings. The molecule has 1 aromatic heterocycles. The van der Waals surface area contributed by atoms with Crippen LogP contribution in [0.4, 0.5) is 23.1 Å². The van der Waals surface area contributed by atoms with Crippen LogP contribution in [0.25, 0.3) is 0 Å². The van der Waals surface area contributed by atoms with Crippen molar-refractivity contribution in [2.45, 2.75) is 31.7 Å². The van der Waals surface area contributed by atoms with Gasteiger partial charge in [0.2, 0.25) is 5.91 Å². The van der Waals surface area contributed by atoms with Gasteiger partial charge in [-0.15, -0.1) is 0 Å². The van der Waals surface area contributed by atoms with Crippen molar-refractivity contribution in [2.24, 2.45) is 11.5 Å². The summed E-state index contributed by atoms with van der Waals surface area (Å²) in [5, 5.41) is 13.1. The summed E-state index contributed by atoms with van der Waals surface area (Å²) >= 11 is 0.522. The number of primary amides is 1. The van der Waals surface area contributed by atoms with Crippen LogP contribution in [-0.4, -0.2) is 34.6 Å². The number of urea groups is 1. The quantitative estimate of drug-likeness (QED) is 0.449. The predicted molar refractivity (Wildman–Crippen MR) is 76.5 cm³/mol. The Morgan fingerprint density at radius 2 is 2.04 bits per heavy atom. The fourth-order valence-corrected chi connectivity index (χ4v) is 2.44. The zero-order valence-electron chi connectivity index (χ0n) is 11.8. The molecule has 23 heavy (non-hydrogen) atoms. The van der Waals surface area contributed by atoms with Crippen LogP contribution in [0.5, 0.6) is 0 Å². The van der Waals surface area contributed by atoms with Gasteiger partial charge < -0.3 is 27.2 Å². The van der Waals surface area contributed by atoms with Crippen LogP contribution in [-0.2, 0) is 17.6 Å². The van der Waals surface area contributed by atoms with E-state index >= 15 is 0 Å². The van der Waals surface area contributed by atoms with Gasteiger partial charge in [0, 0.05) is 6.54 Å². The maximum Gasteiger partial charge on any atom is 0.434 e. The number of hydrogen-bond acceptors (Lipinski definition) is 6. The number of thiazole rings is 1. The lowest BCUT2D eigenvalue weighted by atomic mass is 10.1. The van der Waals surface area contributed by atoms with Gasteiger partial charge in [0.05, 0.1) is 17.5 Å². The summed E-state index contributed by atoms with van der Waals surface area (Å²) in [7, 11) is 0. The lowest BCUT2D eigenvalue weighted by molar-refractivity contribution is -0.141. The second-order valence-electron chi connectivity index (χ2n) is 4.48. The number of hydrogen-bond donors (Lipinski definition) is 5. The van der Waals surface area contributed by atoms with Gasteiger partial charge in [-0.3, -0.25) is 4.79 Å². The first-order valence-corrected chi connectivity index (χ1v) is 7.24. The molecule has 1 rings (SSSR count). The second kappa shape index (κ2) is 8.08. The molecule has 8 nitrogen and oxygen atoms in total. The first-order chi connectivity index (χ1) is 10.6. The van der Waals surface area contributed by atoms with Crippen molar-refractivity contribution in [3.8, 4) is 0 Å². The van der Waals surface area contributed by atoms with Gasteiger partial charge in [-0.05, 0) is 12.8 Å². The van der Waals surface area contributed by atoms with Crippen molar-refractivity contribution in [2.75, 3.05) is 11.9 Å². The number of halogens is 3. The highest BCUT2D eigenvalue weighted by Gasteiger charge is 2.37. The van der Waals surface area contributed by atoms with Gasteiger partial charge in [-0.1, -0.05) is 11.3 Å². The number of anilines is 1. The molecule has 0 aliphatic carbocycles. The lowest BCUT2D eigenvalue weighted by Crippen LogP contribution is -2.37. The fraction of sp³-hybridized carbons (Fsp3) is 0.545. The van der Waals surface area contributed by atoms with Gasteiger partial charge >= 0.3 is 12.2 Å². The van der Waals surface area contributed by atoms with Gasteiger partial charge in [0.15, 0.2) is 10.8 Å². The zero-order valence-corrected chi connectivity index (χ0v) is 12.6. The molecule has 12 heteroatoms. The van der Waals surface area contributed by atoms with Crippen LogP contribution in [0.15, 0.2) is 0 Å². The SMILES string of the molecule is NC(=O)NCCC[C@@H](N)C(=O)Nc1nc(C(F)(F)F)c(CO)s1. The first-order valence-electron chi connectivity index (χ1n) is 6.42. The Bertz CT molecular complexity index is 564.